The van der Waals surface area contributed by atoms with E-state index in [1.54, 1.807) is 36.4 Å². The van der Waals surface area contributed by atoms with Crippen LogP contribution in [0.4, 0.5) is 4.39 Å². The Kier molecular flexibility index (Phi) is 5.32. The summed E-state index contributed by atoms with van der Waals surface area (Å²) in [5, 5.41) is 10.5. The number of methoxy groups -OCH3 is 1. The topological polar surface area (TPSA) is 66.8 Å². The van der Waals surface area contributed by atoms with Crippen LogP contribution in [-0.2, 0) is 4.74 Å². The molecule has 1 aliphatic rings. The molecule has 0 aromatic heterocycles. The first-order valence-corrected chi connectivity index (χ1v) is 8.41. The van der Waals surface area contributed by atoms with Crippen LogP contribution in [0, 0.1) is 5.82 Å². The lowest BCUT2D eigenvalue weighted by molar-refractivity contribution is 0.0377. The van der Waals surface area contributed by atoms with Crippen molar-refractivity contribution in [3.8, 4) is 0 Å². The number of rotatable bonds is 3. The Hall–Kier alpha value is -2.73. The van der Waals surface area contributed by atoms with Crippen molar-refractivity contribution in [2.45, 2.75) is 18.4 Å². The molecule has 1 N–H and O–H groups in total. The van der Waals surface area contributed by atoms with Crippen LogP contribution in [0.25, 0.3) is 0 Å². The third-order valence-electron chi connectivity index (χ3n) is 4.73. The molecule has 0 radical (unpaired) electrons. The second-order valence-electron chi connectivity index (χ2n) is 6.30. The number of amides is 1. The van der Waals surface area contributed by atoms with Crippen molar-refractivity contribution in [1.82, 2.24) is 4.90 Å². The van der Waals surface area contributed by atoms with E-state index >= 15 is 0 Å². The standard InChI is InChI=1S/C20H20FNO4/c1-26-20(25)17-5-3-2-4-16(17)19(24)22-11-10-15(18(23)12-22)13-6-8-14(21)9-7-13/h2-9,15,18,23H,10-12H2,1H3/t15-,18+/m0/s1. The molecule has 26 heavy (non-hydrogen) atoms. The van der Waals surface area contributed by atoms with Gasteiger partial charge in [-0.1, -0.05) is 24.3 Å². The molecule has 1 fully saturated rings. The van der Waals surface area contributed by atoms with Crippen molar-refractivity contribution >= 4 is 11.9 Å². The Labute approximate surface area is 151 Å². The zero-order valence-electron chi connectivity index (χ0n) is 14.4. The molecule has 0 saturated carbocycles. The molecule has 0 unspecified atom stereocenters. The van der Waals surface area contributed by atoms with Crippen molar-refractivity contribution in [3.63, 3.8) is 0 Å². The Balaban J connectivity index is 1.76. The minimum Gasteiger partial charge on any atom is -0.465 e. The molecule has 3 rings (SSSR count). The van der Waals surface area contributed by atoms with E-state index in [4.69, 9.17) is 4.74 Å². The first kappa shape index (κ1) is 18.1. The van der Waals surface area contributed by atoms with E-state index in [1.807, 2.05) is 0 Å². The van der Waals surface area contributed by atoms with Crippen LogP contribution < -0.4 is 0 Å². The number of hydrogen-bond acceptors (Lipinski definition) is 4. The highest BCUT2D eigenvalue weighted by Gasteiger charge is 2.32. The van der Waals surface area contributed by atoms with Gasteiger partial charge in [0.15, 0.2) is 0 Å². The Morgan fingerprint density at radius 1 is 1.12 bits per heavy atom. The number of likely N-dealkylation sites (tertiary alicyclic amines) is 1. The zero-order chi connectivity index (χ0) is 18.7. The van der Waals surface area contributed by atoms with Crippen LogP contribution in [0.2, 0.25) is 0 Å². The number of benzene rings is 2. The van der Waals surface area contributed by atoms with E-state index in [0.717, 1.165) is 5.56 Å². The maximum absolute atomic E-state index is 13.1. The average Bonchev–Trinajstić information content (AvgIpc) is 2.67. The van der Waals surface area contributed by atoms with Gasteiger partial charge in [-0.25, -0.2) is 9.18 Å². The molecule has 0 bridgehead atoms. The SMILES string of the molecule is COC(=O)c1ccccc1C(=O)N1CC[C@@H](c2ccc(F)cc2)[C@H](O)C1. The molecule has 0 spiro atoms. The fourth-order valence-electron chi connectivity index (χ4n) is 3.34. The van der Waals surface area contributed by atoms with E-state index in [2.05, 4.69) is 0 Å². The maximum atomic E-state index is 13.1. The lowest BCUT2D eigenvalue weighted by Crippen LogP contribution is -2.46. The molecule has 1 aliphatic heterocycles. The number of nitrogens with zero attached hydrogens (tertiary/aromatic N) is 1. The van der Waals surface area contributed by atoms with E-state index in [-0.39, 0.29) is 35.3 Å². The van der Waals surface area contributed by atoms with E-state index in [1.165, 1.54) is 24.1 Å². The predicted octanol–water partition coefficient (Wildman–Crippen LogP) is 2.60. The molecule has 2 aromatic rings. The second kappa shape index (κ2) is 7.66. The van der Waals surface area contributed by atoms with Gasteiger partial charge < -0.3 is 14.7 Å². The molecule has 1 saturated heterocycles. The number of halogens is 1. The van der Waals surface area contributed by atoms with Gasteiger partial charge in [0.25, 0.3) is 5.91 Å². The summed E-state index contributed by atoms with van der Waals surface area (Å²) in [7, 11) is 1.27. The van der Waals surface area contributed by atoms with Crippen LogP contribution in [0.15, 0.2) is 48.5 Å². The summed E-state index contributed by atoms with van der Waals surface area (Å²) in [6.07, 6.45) is -0.206. The van der Waals surface area contributed by atoms with Crippen molar-refractivity contribution < 1.29 is 23.8 Å². The van der Waals surface area contributed by atoms with Crippen molar-refractivity contribution in [3.05, 3.63) is 71.0 Å². The van der Waals surface area contributed by atoms with Gasteiger partial charge in [-0.3, -0.25) is 4.79 Å². The summed E-state index contributed by atoms with van der Waals surface area (Å²) in [6, 6.07) is 12.5. The van der Waals surface area contributed by atoms with E-state index in [9.17, 15) is 19.1 Å². The zero-order valence-corrected chi connectivity index (χ0v) is 14.4. The first-order chi connectivity index (χ1) is 12.5. The summed E-state index contributed by atoms with van der Waals surface area (Å²) in [5.41, 5.74) is 1.31. The number of piperidine rings is 1. The number of ether oxygens (including phenoxy) is 1. The van der Waals surface area contributed by atoms with Crippen LogP contribution in [0.1, 0.15) is 38.6 Å². The average molecular weight is 357 g/mol. The Morgan fingerprint density at radius 3 is 2.38 bits per heavy atom. The molecule has 136 valence electrons. The van der Waals surface area contributed by atoms with Gasteiger partial charge in [0.1, 0.15) is 5.82 Å². The van der Waals surface area contributed by atoms with Gasteiger partial charge in [-0.2, -0.15) is 0 Å². The minimum atomic E-state index is -0.761. The van der Waals surface area contributed by atoms with Crippen LogP contribution in [0.3, 0.4) is 0 Å². The molecule has 2 aromatic carbocycles. The van der Waals surface area contributed by atoms with Crippen LogP contribution in [-0.4, -0.2) is 48.2 Å². The highest BCUT2D eigenvalue weighted by Crippen LogP contribution is 2.29. The number of carbonyl (C=O) groups excluding carboxylic acids is 2. The molecular formula is C20H20FNO4. The molecule has 2 atom stereocenters. The highest BCUT2D eigenvalue weighted by molar-refractivity contribution is 6.05. The lowest BCUT2D eigenvalue weighted by atomic mass is 9.87. The number of aliphatic hydroxyl groups excluding tert-OH is 1. The Bertz CT molecular complexity index is 806. The smallest absolute Gasteiger partial charge is 0.338 e. The number of hydrogen-bond donors (Lipinski definition) is 1. The number of β-amino-alcohol motifs (C(OH)–C–C–N with tert-alkyl or cyclic N) is 1. The molecule has 5 nitrogen and oxygen atoms in total. The summed E-state index contributed by atoms with van der Waals surface area (Å²) in [5.74, 6) is -1.37. The Morgan fingerprint density at radius 2 is 1.77 bits per heavy atom. The first-order valence-electron chi connectivity index (χ1n) is 8.41. The fraction of sp³-hybridized carbons (Fsp3) is 0.300. The molecule has 0 aliphatic carbocycles. The van der Waals surface area contributed by atoms with Crippen molar-refractivity contribution in [2.75, 3.05) is 20.2 Å². The number of aliphatic hydroxyl groups is 1. The van der Waals surface area contributed by atoms with E-state index < -0.39 is 12.1 Å². The van der Waals surface area contributed by atoms with Crippen LogP contribution >= 0.6 is 0 Å². The summed E-state index contributed by atoms with van der Waals surface area (Å²) in [6.45, 7) is 0.587. The van der Waals surface area contributed by atoms with Gasteiger partial charge in [-0.15, -0.1) is 0 Å². The third-order valence-corrected chi connectivity index (χ3v) is 4.73. The molecule has 6 heteroatoms. The third kappa shape index (κ3) is 3.60. The quantitative estimate of drug-likeness (QED) is 0.858. The van der Waals surface area contributed by atoms with Crippen LogP contribution in [0.5, 0.6) is 0 Å². The summed E-state index contributed by atoms with van der Waals surface area (Å²) in [4.78, 5) is 26.2. The van der Waals surface area contributed by atoms with Gasteiger partial charge in [0.2, 0.25) is 0 Å². The van der Waals surface area contributed by atoms with E-state index in [0.29, 0.717) is 13.0 Å². The number of carbonyl (C=O) groups is 2. The second-order valence-corrected chi connectivity index (χ2v) is 6.30. The summed E-state index contributed by atoms with van der Waals surface area (Å²) >= 11 is 0. The summed E-state index contributed by atoms with van der Waals surface area (Å²) < 4.78 is 17.8. The maximum Gasteiger partial charge on any atom is 0.338 e. The predicted molar refractivity (Wildman–Crippen MR) is 93.4 cm³/mol. The van der Waals surface area contributed by atoms with Gasteiger partial charge in [-0.05, 0) is 36.2 Å². The largest absolute Gasteiger partial charge is 0.465 e. The highest BCUT2D eigenvalue weighted by atomic mass is 19.1. The fourth-order valence-corrected chi connectivity index (χ4v) is 3.34. The van der Waals surface area contributed by atoms with Crippen molar-refractivity contribution in [2.24, 2.45) is 0 Å². The normalized spacial score (nSPS) is 19.9. The van der Waals surface area contributed by atoms with Gasteiger partial charge in [0, 0.05) is 19.0 Å². The molecule has 1 amide bonds. The molecular weight excluding hydrogens is 337 g/mol. The number of esters is 1. The van der Waals surface area contributed by atoms with Gasteiger partial charge >= 0.3 is 5.97 Å². The van der Waals surface area contributed by atoms with Gasteiger partial charge in [0.05, 0.1) is 24.3 Å². The monoisotopic (exact) mass is 357 g/mol. The minimum absolute atomic E-state index is 0.149. The van der Waals surface area contributed by atoms with Crippen molar-refractivity contribution in [1.29, 1.82) is 0 Å². The molecule has 1 heterocycles. The lowest BCUT2D eigenvalue weighted by Gasteiger charge is -2.36.